The number of ether oxygens (including phenoxy) is 4. The highest BCUT2D eigenvalue weighted by Crippen LogP contribution is 2.00. The van der Waals surface area contributed by atoms with Crippen LogP contribution in [0.1, 0.15) is 18.4 Å². The van der Waals surface area contributed by atoms with E-state index in [2.05, 4.69) is 0 Å². The molecular weight excluding hydrogens is 344 g/mol. The number of benzene rings is 1. The number of carboxylic acid groups (broad SMARTS) is 1. The number of hydrogen-bond donors (Lipinski definition) is 1. The lowest BCUT2D eigenvalue weighted by molar-refractivity contribution is -0.151. The van der Waals surface area contributed by atoms with Gasteiger partial charge in [-0.1, -0.05) is 30.3 Å². The molecule has 8 nitrogen and oxygen atoms in total. The van der Waals surface area contributed by atoms with Crippen molar-refractivity contribution in [1.82, 2.24) is 0 Å². The summed E-state index contributed by atoms with van der Waals surface area (Å²) in [7, 11) is 0. The van der Waals surface area contributed by atoms with Gasteiger partial charge in [-0.3, -0.25) is 9.59 Å². The van der Waals surface area contributed by atoms with Gasteiger partial charge in [0.25, 0.3) is 0 Å². The van der Waals surface area contributed by atoms with E-state index in [9.17, 15) is 14.4 Å². The Balaban J connectivity index is 1.84. The third kappa shape index (κ3) is 11.3. The van der Waals surface area contributed by atoms with Crippen LogP contribution < -0.4 is 0 Å². The molecule has 0 saturated heterocycles. The molecule has 1 aromatic rings. The van der Waals surface area contributed by atoms with Crippen LogP contribution >= 0.6 is 0 Å². The van der Waals surface area contributed by atoms with Crippen LogP contribution in [-0.2, 0) is 39.9 Å². The van der Waals surface area contributed by atoms with Crippen LogP contribution in [0.4, 0.5) is 0 Å². The van der Waals surface area contributed by atoms with Gasteiger partial charge in [-0.15, -0.1) is 0 Å². The number of ketones is 1. The van der Waals surface area contributed by atoms with Crippen LogP contribution in [0.5, 0.6) is 0 Å². The molecule has 1 aromatic carbocycles. The second-order valence-electron chi connectivity index (χ2n) is 5.21. The maximum absolute atomic E-state index is 11.2. The van der Waals surface area contributed by atoms with E-state index in [0.717, 1.165) is 5.56 Å². The summed E-state index contributed by atoms with van der Waals surface area (Å²) in [5.74, 6) is -3.19. The van der Waals surface area contributed by atoms with Crippen LogP contribution in [0.2, 0.25) is 0 Å². The average molecular weight is 368 g/mol. The zero-order valence-electron chi connectivity index (χ0n) is 14.6. The Morgan fingerprint density at radius 1 is 0.769 bits per heavy atom. The Hall–Kier alpha value is -2.29. The smallest absolute Gasteiger partial charge is 0.372 e. The first-order chi connectivity index (χ1) is 12.6. The van der Waals surface area contributed by atoms with Gasteiger partial charge in [-0.2, -0.15) is 0 Å². The highest BCUT2D eigenvalue weighted by atomic mass is 16.6. The minimum absolute atomic E-state index is 0.0419. The monoisotopic (exact) mass is 368 g/mol. The van der Waals surface area contributed by atoms with Gasteiger partial charge < -0.3 is 24.1 Å². The maximum atomic E-state index is 11.2. The van der Waals surface area contributed by atoms with E-state index in [0.29, 0.717) is 33.0 Å². The molecule has 26 heavy (non-hydrogen) atoms. The van der Waals surface area contributed by atoms with Crippen LogP contribution in [-0.4, -0.2) is 62.5 Å². The summed E-state index contributed by atoms with van der Waals surface area (Å²) in [5, 5.41) is 8.37. The maximum Gasteiger partial charge on any atom is 0.372 e. The van der Waals surface area contributed by atoms with Crippen molar-refractivity contribution in [3.63, 3.8) is 0 Å². The van der Waals surface area contributed by atoms with Gasteiger partial charge in [0.1, 0.15) is 6.61 Å². The summed E-state index contributed by atoms with van der Waals surface area (Å²) in [6.07, 6.45) is -0.619. The lowest BCUT2D eigenvalue weighted by atomic mass is 10.2. The molecule has 0 aliphatic carbocycles. The third-order valence-electron chi connectivity index (χ3n) is 3.14. The molecular formula is C18H24O8. The van der Waals surface area contributed by atoms with Crippen LogP contribution in [0, 0.1) is 0 Å². The van der Waals surface area contributed by atoms with Gasteiger partial charge >= 0.3 is 11.9 Å². The van der Waals surface area contributed by atoms with Crippen molar-refractivity contribution in [2.45, 2.75) is 19.4 Å². The Labute approximate surface area is 152 Å². The second kappa shape index (κ2) is 13.9. The molecule has 0 amide bonds. The molecule has 0 unspecified atom stereocenters. The van der Waals surface area contributed by atoms with Crippen molar-refractivity contribution >= 4 is 17.7 Å². The van der Waals surface area contributed by atoms with E-state index in [1.165, 1.54) is 0 Å². The normalized spacial score (nSPS) is 10.5. The molecule has 0 aliphatic rings. The first-order valence-electron chi connectivity index (χ1n) is 8.28. The molecule has 1 N–H and O–H groups in total. The van der Waals surface area contributed by atoms with Crippen molar-refractivity contribution in [3.05, 3.63) is 35.9 Å². The molecule has 0 radical (unpaired) electrons. The predicted molar refractivity (Wildman–Crippen MR) is 90.6 cm³/mol. The molecule has 0 atom stereocenters. The van der Waals surface area contributed by atoms with Crippen molar-refractivity contribution in [2.75, 3.05) is 39.6 Å². The SMILES string of the molecule is O=C(CCC(=O)C(=O)O)OCCOCCOCCOCc1ccccc1. The second-order valence-corrected chi connectivity index (χ2v) is 5.21. The average Bonchev–Trinajstić information content (AvgIpc) is 2.64. The van der Waals surface area contributed by atoms with Gasteiger partial charge in [0, 0.05) is 6.42 Å². The standard InChI is InChI=1S/C18H24O8/c19-16(18(21)22)6-7-17(20)26-13-12-24-9-8-23-10-11-25-14-15-4-2-1-3-5-15/h1-5H,6-14H2,(H,21,22). The minimum Gasteiger partial charge on any atom is -0.476 e. The van der Waals surface area contributed by atoms with E-state index in [1.807, 2.05) is 30.3 Å². The summed E-state index contributed by atoms with van der Waals surface area (Å²) < 4.78 is 20.8. The molecule has 0 spiro atoms. The largest absolute Gasteiger partial charge is 0.476 e. The number of carbonyl (C=O) groups excluding carboxylic acids is 2. The van der Waals surface area contributed by atoms with Crippen molar-refractivity contribution in [3.8, 4) is 0 Å². The summed E-state index contributed by atoms with van der Waals surface area (Å²) in [6, 6.07) is 9.85. The molecule has 8 heteroatoms. The summed E-state index contributed by atoms with van der Waals surface area (Å²) in [5.41, 5.74) is 1.11. The number of carboxylic acids is 1. The lowest BCUT2D eigenvalue weighted by Crippen LogP contribution is -2.17. The first kappa shape index (κ1) is 21.8. The zero-order chi connectivity index (χ0) is 19.0. The summed E-state index contributed by atoms with van der Waals surface area (Å²) in [6.45, 7) is 2.49. The van der Waals surface area contributed by atoms with Gasteiger partial charge in [0.15, 0.2) is 0 Å². The first-order valence-corrected chi connectivity index (χ1v) is 8.28. The Morgan fingerprint density at radius 3 is 1.96 bits per heavy atom. The van der Waals surface area contributed by atoms with Gasteiger partial charge in [-0.05, 0) is 5.56 Å². The zero-order valence-corrected chi connectivity index (χ0v) is 14.6. The van der Waals surface area contributed by atoms with Crippen molar-refractivity contribution < 1.29 is 38.4 Å². The third-order valence-corrected chi connectivity index (χ3v) is 3.14. The highest BCUT2D eigenvalue weighted by molar-refractivity contribution is 6.32. The molecule has 0 saturated carbocycles. The number of aliphatic carboxylic acids is 1. The van der Waals surface area contributed by atoms with E-state index in [-0.39, 0.29) is 26.1 Å². The lowest BCUT2D eigenvalue weighted by Gasteiger charge is -2.07. The van der Waals surface area contributed by atoms with Gasteiger partial charge in [0.2, 0.25) is 5.78 Å². The fourth-order valence-corrected chi connectivity index (χ4v) is 1.81. The number of Topliss-reactive ketones (excluding diaryl/α,β-unsaturated/α-hetero) is 1. The topological polar surface area (TPSA) is 108 Å². The fraction of sp³-hybridized carbons (Fsp3) is 0.500. The fourth-order valence-electron chi connectivity index (χ4n) is 1.81. The molecule has 0 heterocycles. The number of hydrogen-bond acceptors (Lipinski definition) is 7. The van der Waals surface area contributed by atoms with E-state index < -0.39 is 17.7 Å². The van der Waals surface area contributed by atoms with E-state index >= 15 is 0 Å². The minimum atomic E-state index is -1.55. The summed E-state index contributed by atoms with van der Waals surface area (Å²) in [4.78, 5) is 32.3. The molecule has 0 aromatic heterocycles. The Kier molecular flexibility index (Phi) is 11.7. The van der Waals surface area contributed by atoms with Crippen molar-refractivity contribution in [1.29, 1.82) is 0 Å². The Morgan fingerprint density at radius 2 is 1.35 bits per heavy atom. The molecule has 0 aliphatic heterocycles. The summed E-state index contributed by atoms with van der Waals surface area (Å²) >= 11 is 0. The molecule has 1 rings (SSSR count). The van der Waals surface area contributed by atoms with Crippen LogP contribution in [0.25, 0.3) is 0 Å². The van der Waals surface area contributed by atoms with Crippen LogP contribution in [0.3, 0.4) is 0 Å². The number of rotatable bonds is 15. The van der Waals surface area contributed by atoms with Gasteiger partial charge in [0.05, 0.1) is 46.1 Å². The van der Waals surface area contributed by atoms with E-state index in [4.69, 9.17) is 24.1 Å². The molecule has 0 fully saturated rings. The van der Waals surface area contributed by atoms with Gasteiger partial charge in [-0.25, -0.2) is 4.79 Å². The highest BCUT2D eigenvalue weighted by Gasteiger charge is 2.13. The van der Waals surface area contributed by atoms with E-state index in [1.54, 1.807) is 0 Å². The predicted octanol–water partition coefficient (Wildman–Crippen LogP) is 1.21. The van der Waals surface area contributed by atoms with Crippen molar-refractivity contribution in [2.24, 2.45) is 0 Å². The van der Waals surface area contributed by atoms with Crippen LogP contribution in [0.15, 0.2) is 30.3 Å². The number of carbonyl (C=O) groups is 3. The molecule has 0 bridgehead atoms. The Bertz CT molecular complexity index is 543. The number of esters is 1. The molecule has 144 valence electrons. The quantitative estimate of drug-likeness (QED) is 0.280.